The monoisotopic (exact) mass is 279 g/mol. The number of thiophene rings is 1. The van der Waals surface area contributed by atoms with Gasteiger partial charge in [0.2, 0.25) is 5.89 Å². The van der Waals surface area contributed by atoms with Crippen molar-refractivity contribution in [3.05, 3.63) is 23.4 Å². The van der Waals surface area contributed by atoms with Gasteiger partial charge in [-0.15, -0.1) is 21.5 Å². The van der Waals surface area contributed by atoms with Crippen molar-refractivity contribution in [1.82, 2.24) is 15.1 Å². The minimum absolute atomic E-state index is 0.105. The summed E-state index contributed by atoms with van der Waals surface area (Å²) >= 11 is 1.59. The van der Waals surface area contributed by atoms with Gasteiger partial charge in [0.1, 0.15) is 0 Å². The smallest absolute Gasteiger partial charge is 0.257 e. The van der Waals surface area contributed by atoms with Gasteiger partial charge >= 0.3 is 0 Å². The van der Waals surface area contributed by atoms with E-state index in [0.717, 1.165) is 30.8 Å². The van der Waals surface area contributed by atoms with Crippen molar-refractivity contribution in [3.8, 4) is 10.8 Å². The molecule has 3 heterocycles. The number of aromatic nitrogens is 2. The Kier molecular flexibility index (Phi) is 3.63. The van der Waals surface area contributed by atoms with E-state index < -0.39 is 0 Å². The number of nitrogens with zero attached hydrogens (tertiary/aromatic N) is 3. The molecular weight excluding hydrogens is 262 g/mol. The Balaban J connectivity index is 1.72. The SMILES string of the molecule is CC(c1nnc(-c2cccs2)o1)N1CCC(O)CC1. The second kappa shape index (κ2) is 5.40. The molecule has 1 fully saturated rings. The molecule has 0 radical (unpaired) electrons. The molecule has 2 aromatic heterocycles. The molecule has 5 nitrogen and oxygen atoms in total. The summed E-state index contributed by atoms with van der Waals surface area (Å²) in [7, 11) is 0. The average Bonchev–Trinajstić information content (AvgIpc) is 3.10. The first-order valence-corrected chi connectivity index (χ1v) is 7.41. The Morgan fingerprint density at radius 2 is 2.21 bits per heavy atom. The van der Waals surface area contributed by atoms with Crippen LogP contribution in [-0.4, -0.2) is 39.4 Å². The number of piperidine rings is 1. The van der Waals surface area contributed by atoms with Gasteiger partial charge < -0.3 is 9.52 Å². The van der Waals surface area contributed by atoms with Gasteiger partial charge in [0.25, 0.3) is 5.89 Å². The van der Waals surface area contributed by atoms with Crippen molar-refractivity contribution in [1.29, 1.82) is 0 Å². The van der Waals surface area contributed by atoms with Gasteiger partial charge in [0.05, 0.1) is 17.0 Å². The normalized spacial score (nSPS) is 19.7. The summed E-state index contributed by atoms with van der Waals surface area (Å²) in [6, 6.07) is 4.05. The summed E-state index contributed by atoms with van der Waals surface area (Å²) in [5.41, 5.74) is 0. The molecule has 0 bridgehead atoms. The van der Waals surface area contributed by atoms with Crippen molar-refractivity contribution in [2.24, 2.45) is 0 Å². The summed E-state index contributed by atoms with van der Waals surface area (Å²) < 4.78 is 5.75. The first-order chi connectivity index (χ1) is 9.24. The van der Waals surface area contributed by atoms with Crippen LogP contribution in [0.25, 0.3) is 10.8 Å². The van der Waals surface area contributed by atoms with Crippen LogP contribution >= 0.6 is 11.3 Å². The fourth-order valence-electron chi connectivity index (χ4n) is 2.33. The highest BCUT2D eigenvalue weighted by molar-refractivity contribution is 7.13. The van der Waals surface area contributed by atoms with Crippen LogP contribution in [0.4, 0.5) is 0 Å². The van der Waals surface area contributed by atoms with Gasteiger partial charge in [-0.25, -0.2) is 0 Å². The van der Waals surface area contributed by atoms with Gasteiger partial charge in [-0.2, -0.15) is 0 Å². The second-order valence-electron chi connectivity index (χ2n) is 4.87. The van der Waals surface area contributed by atoms with Crippen LogP contribution < -0.4 is 0 Å². The summed E-state index contributed by atoms with van der Waals surface area (Å²) in [5, 5.41) is 19.8. The number of rotatable bonds is 3. The maximum Gasteiger partial charge on any atom is 0.257 e. The predicted octanol–water partition coefficient (Wildman–Crippen LogP) is 2.32. The number of hydrogen-bond acceptors (Lipinski definition) is 6. The molecule has 102 valence electrons. The number of aliphatic hydroxyl groups is 1. The van der Waals surface area contributed by atoms with E-state index in [9.17, 15) is 5.11 Å². The predicted molar refractivity (Wildman–Crippen MR) is 72.8 cm³/mol. The van der Waals surface area contributed by atoms with Crippen molar-refractivity contribution < 1.29 is 9.52 Å². The number of likely N-dealkylation sites (tertiary alicyclic amines) is 1. The quantitative estimate of drug-likeness (QED) is 0.934. The lowest BCUT2D eigenvalue weighted by Crippen LogP contribution is -2.37. The molecule has 1 unspecified atom stereocenters. The van der Waals surface area contributed by atoms with E-state index in [1.165, 1.54) is 0 Å². The van der Waals surface area contributed by atoms with Gasteiger partial charge in [0.15, 0.2) is 0 Å². The maximum atomic E-state index is 9.53. The lowest BCUT2D eigenvalue weighted by Gasteiger charge is -2.32. The first kappa shape index (κ1) is 12.8. The molecule has 0 spiro atoms. The molecule has 0 aromatic carbocycles. The summed E-state index contributed by atoms with van der Waals surface area (Å²) in [4.78, 5) is 3.28. The summed E-state index contributed by atoms with van der Waals surface area (Å²) in [6.07, 6.45) is 1.47. The standard InChI is InChI=1S/C13H17N3O2S/c1-9(16-6-4-10(17)5-7-16)12-14-15-13(18-12)11-3-2-8-19-11/h2-3,8-10,17H,4-7H2,1H3. The van der Waals surface area contributed by atoms with E-state index in [1.807, 2.05) is 17.5 Å². The lowest BCUT2D eigenvalue weighted by molar-refractivity contribution is 0.0582. The van der Waals surface area contributed by atoms with Crippen LogP contribution in [0, 0.1) is 0 Å². The second-order valence-corrected chi connectivity index (χ2v) is 5.81. The molecule has 1 aliphatic heterocycles. The van der Waals surface area contributed by atoms with Crippen LogP contribution in [0.2, 0.25) is 0 Å². The highest BCUT2D eigenvalue weighted by Gasteiger charge is 2.25. The van der Waals surface area contributed by atoms with Crippen molar-refractivity contribution >= 4 is 11.3 Å². The molecule has 2 aromatic rings. The average molecular weight is 279 g/mol. The lowest BCUT2D eigenvalue weighted by atomic mass is 10.1. The Hall–Kier alpha value is -1.24. The van der Waals surface area contributed by atoms with E-state index in [1.54, 1.807) is 11.3 Å². The zero-order chi connectivity index (χ0) is 13.2. The van der Waals surface area contributed by atoms with Crippen LogP contribution in [0.3, 0.4) is 0 Å². The van der Waals surface area contributed by atoms with Crippen LogP contribution in [-0.2, 0) is 0 Å². The largest absolute Gasteiger partial charge is 0.418 e. The first-order valence-electron chi connectivity index (χ1n) is 6.53. The van der Waals surface area contributed by atoms with E-state index in [2.05, 4.69) is 22.0 Å². The Labute approximate surface area is 115 Å². The van der Waals surface area contributed by atoms with E-state index >= 15 is 0 Å². The molecule has 1 saturated heterocycles. The maximum absolute atomic E-state index is 9.53. The molecule has 1 atom stereocenters. The topological polar surface area (TPSA) is 62.4 Å². The molecule has 0 amide bonds. The molecule has 19 heavy (non-hydrogen) atoms. The third-order valence-corrected chi connectivity index (χ3v) is 4.43. The van der Waals surface area contributed by atoms with Gasteiger partial charge in [-0.3, -0.25) is 4.90 Å². The summed E-state index contributed by atoms with van der Waals surface area (Å²) in [5.74, 6) is 1.24. The minimum atomic E-state index is -0.159. The molecule has 6 heteroatoms. The molecule has 1 N–H and O–H groups in total. The molecule has 1 aliphatic rings. The Morgan fingerprint density at radius 3 is 2.89 bits per heavy atom. The number of aliphatic hydroxyl groups excluding tert-OH is 1. The Morgan fingerprint density at radius 1 is 1.42 bits per heavy atom. The molecule has 0 aliphatic carbocycles. The third-order valence-electron chi connectivity index (χ3n) is 3.58. The van der Waals surface area contributed by atoms with E-state index in [-0.39, 0.29) is 12.1 Å². The summed E-state index contributed by atoms with van der Waals surface area (Å²) in [6.45, 7) is 3.82. The van der Waals surface area contributed by atoms with Crippen LogP contribution in [0.1, 0.15) is 31.7 Å². The van der Waals surface area contributed by atoms with Gasteiger partial charge in [-0.05, 0) is 31.2 Å². The molecule has 3 rings (SSSR count). The van der Waals surface area contributed by atoms with E-state index in [0.29, 0.717) is 11.8 Å². The van der Waals surface area contributed by atoms with Crippen LogP contribution in [0.15, 0.2) is 21.9 Å². The van der Waals surface area contributed by atoms with Crippen molar-refractivity contribution in [2.75, 3.05) is 13.1 Å². The minimum Gasteiger partial charge on any atom is -0.418 e. The fraction of sp³-hybridized carbons (Fsp3) is 0.538. The highest BCUT2D eigenvalue weighted by atomic mass is 32.1. The molecular formula is C13H17N3O2S. The number of hydrogen-bond donors (Lipinski definition) is 1. The van der Waals surface area contributed by atoms with Crippen molar-refractivity contribution in [2.45, 2.75) is 31.9 Å². The van der Waals surface area contributed by atoms with Gasteiger partial charge in [0, 0.05) is 13.1 Å². The fourth-order valence-corrected chi connectivity index (χ4v) is 2.98. The molecule has 0 saturated carbocycles. The van der Waals surface area contributed by atoms with Crippen LogP contribution in [0.5, 0.6) is 0 Å². The zero-order valence-corrected chi connectivity index (χ0v) is 11.6. The van der Waals surface area contributed by atoms with Gasteiger partial charge in [-0.1, -0.05) is 6.07 Å². The Bertz CT molecular complexity index is 518. The van der Waals surface area contributed by atoms with Crippen molar-refractivity contribution in [3.63, 3.8) is 0 Å². The third kappa shape index (κ3) is 2.70. The highest BCUT2D eigenvalue weighted by Crippen LogP contribution is 2.28. The van der Waals surface area contributed by atoms with E-state index in [4.69, 9.17) is 4.42 Å². The zero-order valence-electron chi connectivity index (χ0n) is 10.8.